The van der Waals surface area contributed by atoms with Gasteiger partial charge in [0.2, 0.25) is 11.8 Å². The van der Waals surface area contributed by atoms with Crippen molar-refractivity contribution in [1.82, 2.24) is 20.8 Å². The standard InChI is InChI=1S/C11H16N4O2/c16-10(7-9-3-6-13-15-9)14-11(17)8-1-4-12-5-2-8/h3,6,8,12H,1-2,4-5,7H2,(H,13,15)(H,14,16,17). The van der Waals surface area contributed by atoms with Gasteiger partial charge in [0.05, 0.1) is 6.42 Å². The van der Waals surface area contributed by atoms with Gasteiger partial charge in [-0.3, -0.25) is 20.0 Å². The molecule has 2 heterocycles. The van der Waals surface area contributed by atoms with Gasteiger partial charge in [-0.2, -0.15) is 5.10 Å². The second-order valence-electron chi connectivity index (χ2n) is 4.20. The molecule has 92 valence electrons. The van der Waals surface area contributed by atoms with Crippen molar-refractivity contribution in [3.05, 3.63) is 18.0 Å². The Morgan fingerprint density at radius 1 is 1.41 bits per heavy atom. The Morgan fingerprint density at radius 2 is 2.18 bits per heavy atom. The minimum Gasteiger partial charge on any atom is -0.317 e. The summed E-state index contributed by atoms with van der Waals surface area (Å²) >= 11 is 0. The lowest BCUT2D eigenvalue weighted by Gasteiger charge is -2.21. The quantitative estimate of drug-likeness (QED) is 0.666. The summed E-state index contributed by atoms with van der Waals surface area (Å²) < 4.78 is 0. The molecule has 1 fully saturated rings. The molecular weight excluding hydrogens is 220 g/mol. The number of aromatic amines is 1. The molecule has 2 rings (SSSR count). The average Bonchev–Trinajstić information content (AvgIpc) is 2.82. The first-order valence-electron chi connectivity index (χ1n) is 5.78. The van der Waals surface area contributed by atoms with Crippen LogP contribution in [0.25, 0.3) is 0 Å². The Kier molecular flexibility index (Phi) is 3.87. The van der Waals surface area contributed by atoms with Gasteiger partial charge in [0.25, 0.3) is 0 Å². The van der Waals surface area contributed by atoms with Crippen molar-refractivity contribution >= 4 is 11.8 Å². The highest BCUT2D eigenvalue weighted by Crippen LogP contribution is 2.11. The van der Waals surface area contributed by atoms with Crippen molar-refractivity contribution in [2.24, 2.45) is 5.92 Å². The minimum absolute atomic E-state index is 0.0398. The molecule has 1 aromatic heterocycles. The molecule has 1 saturated heterocycles. The molecule has 1 aliphatic rings. The molecule has 0 atom stereocenters. The fraction of sp³-hybridized carbons (Fsp3) is 0.545. The van der Waals surface area contributed by atoms with E-state index in [1.807, 2.05) is 0 Å². The third-order valence-corrected chi connectivity index (χ3v) is 2.88. The molecule has 17 heavy (non-hydrogen) atoms. The van der Waals surface area contributed by atoms with Crippen molar-refractivity contribution < 1.29 is 9.59 Å². The first-order valence-corrected chi connectivity index (χ1v) is 5.78. The summed E-state index contributed by atoms with van der Waals surface area (Å²) in [4.78, 5) is 23.3. The Balaban J connectivity index is 1.79. The van der Waals surface area contributed by atoms with Gasteiger partial charge in [-0.15, -0.1) is 0 Å². The molecular formula is C11H16N4O2. The third-order valence-electron chi connectivity index (χ3n) is 2.88. The summed E-state index contributed by atoms with van der Waals surface area (Å²) in [5, 5.41) is 12.1. The summed E-state index contributed by atoms with van der Waals surface area (Å²) in [5.41, 5.74) is 0.709. The van der Waals surface area contributed by atoms with Crippen LogP contribution in [0, 0.1) is 5.92 Å². The number of carbonyl (C=O) groups is 2. The molecule has 0 aromatic carbocycles. The lowest BCUT2D eigenvalue weighted by molar-refractivity contribution is -0.133. The Labute approximate surface area is 99.2 Å². The number of aromatic nitrogens is 2. The largest absolute Gasteiger partial charge is 0.317 e. The molecule has 0 unspecified atom stereocenters. The number of hydrogen-bond donors (Lipinski definition) is 3. The van der Waals surface area contributed by atoms with Gasteiger partial charge in [0, 0.05) is 17.8 Å². The summed E-state index contributed by atoms with van der Waals surface area (Å²) in [6.07, 6.45) is 3.33. The maximum atomic E-state index is 11.8. The molecule has 1 aliphatic heterocycles. The second kappa shape index (κ2) is 5.58. The van der Waals surface area contributed by atoms with Gasteiger partial charge in [0.15, 0.2) is 0 Å². The molecule has 0 aliphatic carbocycles. The lowest BCUT2D eigenvalue weighted by Crippen LogP contribution is -2.41. The van der Waals surface area contributed by atoms with Crippen LogP contribution < -0.4 is 10.6 Å². The number of amides is 2. The summed E-state index contributed by atoms with van der Waals surface area (Å²) in [5.74, 6) is -0.476. The van der Waals surface area contributed by atoms with Crippen molar-refractivity contribution in [2.45, 2.75) is 19.3 Å². The number of rotatable bonds is 3. The van der Waals surface area contributed by atoms with Crippen molar-refractivity contribution in [1.29, 1.82) is 0 Å². The first kappa shape index (κ1) is 11.8. The summed E-state index contributed by atoms with van der Waals surface area (Å²) in [6, 6.07) is 1.72. The molecule has 3 N–H and O–H groups in total. The highest BCUT2D eigenvalue weighted by Gasteiger charge is 2.22. The molecule has 0 bridgehead atoms. The highest BCUT2D eigenvalue weighted by molar-refractivity contribution is 5.96. The minimum atomic E-state index is -0.280. The zero-order chi connectivity index (χ0) is 12.1. The summed E-state index contributed by atoms with van der Waals surface area (Å²) in [6.45, 7) is 1.68. The van der Waals surface area contributed by atoms with E-state index < -0.39 is 0 Å². The molecule has 2 amide bonds. The smallest absolute Gasteiger partial charge is 0.232 e. The maximum Gasteiger partial charge on any atom is 0.232 e. The van der Waals surface area contributed by atoms with Crippen LogP contribution in [0.2, 0.25) is 0 Å². The monoisotopic (exact) mass is 236 g/mol. The number of nitrogens with one attached hydrogen (secondary N) is 3. The maximum absolute atomic E-state index is 11.8. The highest BCUT2D eigenvalue weighted by atomic mass is 16.2. The van der Waals surface area contributed by atoms with E-state index in [1.54, 1.807) is 12.3 Å². The number of carbonyl (C=O) groups excluding carboxylic acids is 2. The molecule has 0 spiro atoms. The van der Waals surface area contributed by atoms with Crippen LogP contribution in [0.3, 0.4) is 0 Å². The number of hydrogen-bond acceptors (Lipinski definition) is 4. The number of imide groups is 1. The Hall–Kier alpha value is -1.69. The molecule has 0 saturated carbocycles. The first-order chi connectivity index (χ1) is 8.25. The van der Waals surface area contributed by atoms with Gasteiger partial charge in [-0.05, 0) is 32.0 Å². The predicted octanol–water partition coefficient (Wildman–Crippen LogP) is -0.405. The topological polar surface area (TPSA) is 86.9 Å². The van der Waals surface area contributed by atoms with Crippen LogP contribution in [0.4, 0.5) is 0 Å². The molecule has 6 nitrogen and oxygen atoms in total. The van der Waals surface area contributed by atoms with E-state index in [4.69, 9.17) is 0 Å². The lowest BCUT2D eigenvalue weighted by atomic mass is 9.97. The van der Waals surface area contributed by atoms with Gasteiger partial charge >= 0.3 is 0 Å². The van der Waals surface area contributed by atoms with Crippen molar-refractivity contribution in [2.75, 3.05) is 13.1 Å². The van der Waals surface area contributed by atoms with Gasteiger partial charge < -0.3 is 5.32 Å². The second-order valence-corrected chi connectivity index (χ2v) is 4.20. The third kappa shape index (κ3) is 3.39. The van der Waals surface area contributed by atoms with Crippen LogP contribution in [-0.2, 0) is 16.0 Å². The van der Waals surface area contributed by atoms with Crippen molar-refractivity contribution in [3.63, 3.8) is 0 Å². The van der Waals surface area contributed by atoms with Crippen LogP contribution in [0.5, 0.6) is 0 Å². The SMILES string of the molecule is O=C(Cc1ccn[nH]1)NC(=O)C1CCNCC1. The van der Waals surface area contributed by atoms with E-state index in [1.165, 1.54) is 0 Å². The zero-order valence-electron chi connectivity index (χ0n) is 9.53. The van der Waals surface area contributed by atoms with E-state index in [-0.39, 0.29) is 24.2 Å². The van der Waals surface area contributed by atoms with Crippen LogP contribution in [-0.4, -0.2) is 35.1 Å². The normalized spacial score (nSPS) is 16.7. The Morgan fingerprint density at radius 3 is 2.82 bits per heavy atom. The van der Waals surface area contributed by atoms with E-state index >= 15 is 0 Å². The zero-order valence-corrected chi connectivity index (χ0v) is 9.53. The average molecular weight is 236 g/mol. The van der Waals surface area contributed by atoms with Gasteiger partial charge in [-0.25, -0.2) is 0 Å². The fourth-order valence-corrected chi connectivity index (χ4v) is 1.92. The summed E-state index contributed by atoms with van der Waals surface area (Å²) in [7, 11) is 0. The van der Waals surface area contributed by atoms with E-state index in [9.17, 15) is 9.59 Å². The van der Waals surface area contributed by atoms with Crippen LogP contribution in [0.15, 0.2) is 12.3 Å². The Bertz CT molecular complexity index is 382. The van der Waals surface area contributed by atoms with E-state index in [2.05, 4.69) is 20.8 Å². The molecule has 1 aromatic rings. The number of H-pyrrole nitrogens is 1. The van der Waals surface area contributed by atoms with Gasteiger partial charge in [-0.1, -0.05) is 0 Å². The van der Waals surface area contributed by atoms with Crippen molar-refractivity contribution in [3.8, 4) is 0 Å². The van der Waals surface area contributed by atoms with Crippen LogP contribution in [0.1, 0.15) is 18.5 Å². The number of piperidine rings is 1. The molecule has 0 radical (unpaired) electrons. The van der Waals surface area contributed by atoms with E-state index in [0.717, 1.165) is 25.9 Å². The van der Waals surface area contributed by atoms with Gasteiger partial charge in [0.1, 0.15) is 0 Å². The van der Waals surface area contributed by atoms with Crippen LogP contribution >= 0.6 is 0 Å². The number of nitrogens with zero attached hydrogens (tertiary/aromatic N) is 1. The predicted molar refractivity (Wildman–Crippen MR) is 61.0 cm³/mol. The van der Waals surface area contributed by atoms with E-state index in [0.29, 0.717) is 5.69 Å². The fourth-order valence-electron chi connectivity index (χ4n) is 1.92. The molecule has 6 heteroatoms.